The Balaban J connectivity index is 1.63. The molecule has 0 bridgehead atoms. The van der Waals surface area contributed by atoms with Gasteiger partial charge in [-0.1, -0.05) is 48.0 Å². The lowest BCUT2D eigenvalue weighted by atomic mass is 10.2. The molecule has 4 nitrogen and oxygen atoms in total. The van der Waals surface area contributed by atoms with Gasteiger partial charge in [-0.05, 0) is 43.2 Å². The van der Waals surface area contributed by atoms with E-state index in [9.17, 15) is 9.18 Å². The average Bonchev–Trinajstić information content (AvgIpc) is 2.95. The van der Waals surface area contributed by atoms with E-state index in [1.54, 1.807) is 12.1 Å². The summed E-state index contributed by atoms with van der Waals surface area (Å²) in [5, 5.41) is 7.49. The van der Waals surface area contributed by atoms with Crippen LogP contribution in [0.5, 0.6) is 0 Å². The molecule has 0 unspecified atom stereocenters. The summed E-state index contributed by atoms with van der Waals surface area (Å²) in [4.78, 5) is 12.1. The van der Waals surface area contributed by atoms with Crippen molar-refractivity contribution in [3.8, 4) is 0 Å². The van der Waals surface area contributed by atoms with Gasteiger partial charge in [0.15, 0.2) is 0 Å². The number of aryl methyl sites for hydroxylation is 1. The maximum atomic E-state index is 13.2. The standard InChI is InChI=1S/C22H21ClFN3O/c1-15-19(16(2)27(26-15)14-18-6-4-3-5-7-18)13-25-22(28)11-9-17-8-10-21(24)20(23)12-17/h3-12H,13-14H2,1-2H3,(H,25,28)/b11-9+. The summed E-state index contributed by atoms with van der Waals surface area (Å²) >= 11 is 5.75. The zero-order valence-corrected chi connectivity index (χ0v) is 16.5. The lowest BCUT2D eigenvalue weighted by Crippen LogP contribution is -2.21. The minimum atomic E-state index is -0.485. The zero-order valence-electron chi connectivity index (χ0n) is 15.7. The molecule has 1 N–H and O–H groups in total. The molecule has 1 aromatic heterocycles. The zero-order chi connectivity index (χ0) is 20.1. The van der Waals surface area contributed by atoms with Crippen LogP contribution in [0.2, 0.25) is 5.02 Å². The molecule has 0 fully saturated rings. The van der Waals surface area contributed by atoms with Gasteiger partial charge in [-0.2, -0.15) is 5.10 Å². The van der Waals surface area contributed by atoms with Gasteiger partial charge in [-0.25, -0.2) is 4.39 Å². The molecule has 0 saturated heterocycles. The molecule has 0 aliphatic heterocycles. The molecule has 6 heteroatoms. The summed E-state index contributed by atoms with van der Waals surface area (Å²) in [7, 11) is 0. The maximum absolute atomic E-state index is 13.2. The van der Waals surface area contributed by atoms with Gasteiger partial charge in [-0.3, -0.25) is 9.48 Å². The first-order valence-electron chi connectivity index (χ1n) is 8.92. The van der Waals surface area contributed by atoms with Crippen LogP contribution in [0.4, 0.5) is 4.39 Å². The fourth-order valence-electron chi connectivity index (χ4n) is 2.92. The lowest BCUT2D eigenvalue weighted by Gasteiger charge is -2.06. The largest absolute Gasteiger partial charge is 0.348 e. The molecular weight excluding hydrogens is 377 g/mol. The third-order valence-electron chi connectivity index (χ3n) is 4.52. The number of rotatable bonds is 6. The number of carbonyl (C=O) groups excluding carboxylic acids is 1. The van der Waals surface area contributed by atoms with E-state index in [1.807, 2.05) is 36.7 Å². The smallest absolute Gasteiger partial charge is 0.244 e. The Hall–Kier alpha value is -2.92. The molecule has 0 spiro atoms. The summed E-state index contributed by atoms with van der Waals surface area (Å²) in [6, 6.07) is 14.4. The van der Waals surface area contributed by atoms with Crippen LogP contribution in [0.3, 0.4) is 0 Å². The van der Waals surface area contributed by atoms with Crippen molar-refractivity contribution in [1.29, 1.82) is 0 Å². The fourth-order valence-corrected chi connectivity index (χ4v) is 3.11. The molecule has 0 radical (unpaired) electrons. The van der Waals surface area contributed by atoms with Gasteiger partial charge in [0, 0.05) is 23.9 Å². The number of amides is 1. The highest BCUT2D eigenvalue weighted by Gasteiger charge is 2.12. The fraction of sp³-hybridized carbons (Fsp3) is 0.182. The van der Waals surface area contributed by atoms with Crippen LogP contribution in [-0.2, 0) is 17.9 Å². The Morgan fingerprint density at radius 2 is 1.96 bits per heavy atom. The van der Waals surface area contributed by atoms with E-state index in [-0.39, 0.29) is 10.9 Å². The molecule has 0 aliphatic carbocycles. The monoisotopic (exact) mass is 397 g/mol. The molecule has 0 atom stereocenters. The van der Waals surface area contributed by atoms with Gasteiger partial charge < -0.3 is 5.32 Å². The number of nitrogens with one attached hydrogen (secondary N) is 1. The van der Waals surface area contributed by atoms with E-state index >= 15 is 0 Å². The summed E-state index contributed by atoms with van der Waals surface area (Å²) in [6.45, 7) is 5.01. The van der Waals surface area contributed by atoms with E-state index in [2.05, 4.69) is 22.5 Å². The van der Waals surface area contributed by atoms with Crippen LogP contribution < -0.4 is 5.32 Å². The Morgan fingerprint density at radius 1 is 1.21 bits per heavy atom. The van der Waals surface area contributed by atoms with E-state index in [0.29, 0.717) is 18.7 Å². The van der Waals surface area contributed by atoms with E-state index < -0.39 is 5.82 Å². The molecule has 1 amide bonds. The third-order valence-corrected chi connectivity index (χ3v) is 4.81. The summed E-state index contributed by atoms with van der Waals surface area (Å²) in [6.07, 6.45) is 3.00. The molecule has 28 heavy (non-hydrogen) atoms. The van der Waals surface area contributed by atoms with Crippen LogP contribution in [0.15, 0.2) is 54.6 Å². The Kier molecular flexibility index (Phi) is 6.26. The normalized spacial score (nSPS) is 11.1. The third kappa shape index (κ3) is 4.87. The van der Waals surface area contributed by atoms with Crippen LogP contribution in [0.1, 0.15) is 28.1 Å². The highest BCUT2D eigenvalue weighted by Crippen LogP contribution is 2.17. The van der Waals surface area contributed by atoms with Crippen LogP contribution in [0, 0.1) is 19.7 Å². The molecule has 3 rings (SSSR count). The summed E-state index contributed by atoms with van der Waals surface area (Å²) in [5.74, 6) is -0.725. The van der Waals surface area contributed by atoms with Crippen LogP contribution in [-0.4, -0.2) is 15.7 Å². The summed E-state index contributed by atoms with van der Waals surface area (Å²) < 4.78 is 15.1. The number of aromatic nitrogens is 2. The predicted octanol–water partition coefficient (Wildman–Crippen LogP) is 4.67. The van der Waals surface area contributed by atoms with Gasteiger partial charge in [0.2, 0.25) is 5.91 Å². The van der Waals surface area contributed by atoms with Crippen LogP contribution >= 0.6 is 11.6 Å². The van der Waals surface area contributed by atoms with Crippen molar-refractivity contribution in [3.63, 3.8) is 0 Å². The number of hydrogen-bond acceptors (Lipinski definition) is 2. The predicted molar refractivity (Wildman–Crippen MR) is 110 cm³/mol. The summed E-state index contributed by atoms with van der Waals surface area (Å²) in [5.41, 5.74) is 4.75. The van der Waals surface area contributed by atoms with Crippen molar-refractivity contribution >= 4 is 23.6 Å². The molecular formula is C22H21ClFN3O. The SMILES string of the molecule is Cc1nn(Cc2ccccc2)c(C)c1CNC(=O)/C=C/c1ccc(F)c(Cl)c1. The number of halogens is 2. The van der Waals surface area contributed by atoms with E-state index in [0.717, 1.165) is 17.0 Å². The second-order valence-corrected chi connectivity index (χ2v) is 6.92. The van der Waals surface area contributed by atoms with Gasteiger partial charge in [0.1, 0.15) is 5.82 Å². The van der Waals surface area contributed by atoms with Gasteiger partial charge in [0.05, 0.1) is 17.3 Å². The minimum absolute atomic E-state index is 0.0274. The Bertz CT molecular complexity index is 1010. The number of hydrogen-bond donors (Lipinski definition) is 1. The Labute approximate surface area is 168 Å². The lowest BCUT2D eigenvalue weighted by molar-refractivity contribution is -0.116. The van der Waals surface area contributed by atoms with E-state index in [1.165, 1.54) is 23.8 Å². The first-order valence-corrected chi connectivity index (χ1v) is 9.29. The quantitative estimate of drug-likeness (QED) is 0.614. The minimum Gasteiger partial charge on any atom is -0.348 e. The maximum Gasteiger partial charge on any atom is 0.244 e. The highest BCUT2D eigenvalue weighted by molar-refractivity contribution is 6.30. The van der Waals surface area contributed by atoms with Crippen molar-refractivity contribution in [2.75, 3.05) is 0 Å². The molecule has 1 heterocycles. The van der Waals surface area contributed by atoms with Gasteiger partial charge in [-0.15, -0.1) is 0 Å². The second kappa shape index (κ2) is 8.85. The Morgan fingerprint density at radius 3 is 2.68 bits per heavy atom. The van der Waals surface area contributed by atoms with E-state index in [4.69, 9.17) is 11.6 Å². The topological polar surface area (TPSA) is 46.9 Å². The van der Waals surface area contributed by atoms with Crippen LogP contribution in [0.25, 0.3) is 6.08 Å². The molecule has 0 saturated carbocycles. The highest BCUT2D eigenvalue weighted by atomic mass is 35.5. The van der Waals surface area contributed by atoms with Crippen molar-refractivity contribution in [3.05, 3.63) is 93.5 Å². The first kappa shape index (κ1) is 19.8. The molecule has 144 valence electrons. The molecule has 2 aromatic carbocycles. The van der Waals surface area contributed by atoms with Crippen molar-refractivity contribution in [1.82, 2.24) is 15.1 Å². The number of nitrogens with zero attached hydrogens (tertiary/aromatic N) is 2. The van der Waals surface area contributed by atoms with Crippen molar-refractivity contribution < 1.29 is 9.18 Å². The number of carbonyl (C=O) groups is 1. The first-order chi connectivity index (χ1) is 13.4. The van der Waals surface area contributed by atoms with Gasteiger partial charge in [0.25, 0.3) is 0 Å². The molecule has 3 aromatic rings. The van der Waals surface area contributed by atoms with Gasteiger partial charge >= 0.3 is 0 Å². The molecule has 0 aliphatic rings. The second-order valence-electron chi connectivity index (χ2n) is 6.52. The van der Waals surface area contributed by atoms with Crippen molar-refractivity contribution in [2.45, 2.75) is 26.9 Å². The van der Waals surface area contributed by atoms with Crippen molar-refractivity contribution in [2.24, 2.45) is 0 Å². The number of benzene rings is 2. The average molecular weight is 398 g/mol.